The lowest BCUT2D eigenvalue weighted by molar-refractivity contribution is 0.0623. The Morgan fingerprint density at radius 3 is 2.37 bits per heavy atom. The van der Waals surface area contributed by atoms with Crippen LogP contribution in [0, 0.1) is 0 Å². The maximum Gasteiger partial charge on any atom is 0.272 e. The Morgan fingerprint density at radius 1 is 1.00 bits per heavy atom. The van der Waals surface area contributed by atoms with Crippen molar-refractivity contribution in [1.29, 1.82) is 0 Å². The molecule has 9 nitrogen and oxygen atoms in total. The van der Waals surface area contributed by atoms with Crippen LogP contribution >= 0.6 is 0 Å². The molecular formula is C25H28N4O5S. The van der Waals surface area contributed by atoms with Gasteiger partial charge in [-0.05, 0) is 48.0 Å². The number of amides is 1. The van der Waals surface area contributed by atoms with Crippen LogP contribution in [0.15, 0.2) is 60.7 Å². The molecule has 1 saturated heterocycles. The summed E-state index contributed by atoms with van der Waals surface area (Å²) in [6, 6.07) is 18.4. The second-order valence-corrected chi connectivity index (χ2v) is 8.80. The topological polar surface area (TPSA) is 104 Å². The zero-order valence-electron chi connectivity index (χ0n) is 19.6. The van der Waals surface area contributed by atoms with Crippen molar-refractivity contribution in [3.63, 3.8) is 0 Å². The standard InChI is InChI=1S/C25H28N4O5S/c1-33-23-11-8-19(16-24(23)34-2)21-4-3-5-22(26-21)25(30)29-14-12-28(13-15-29)17-18-6-9-20(10-7-18)27-35(31)32/h3-11,16,27H,12-15,17H2,1-2H3,(H,31,32). The number of rotatable bonds is 8. The summed E-state index contributed by atoms with van der Waals surface area (Å²) in [6.07, 6.45) is 0. The van der Waals surface area contributed by atoms with Gasteiger partial charge < -0.3 is 14.4 Å². The van der Waals surface area contributed by atoms with E-state index in [1.54, 1.807) is 32.4 Å². The first-order valence-corrected chi connectivity index (χ1v) is 12.2. The molecule has 2 aromatic carbocycles. The van der Waals surface area contributed by atoms with Gasteiger partial charge in [0.1, 0.15) is 5.69 Å². The number of carbonyl (C=O) groups is 1. The molecule has 1 amide bonds. The summed E-state index contributed by atoms with van der Waals surface area (Å²) in [4.78, 5) is 21.9. The molecule has 1 atom stereocenters. The maximum atomic E-state index is 13.1. The summed E-state index contributed by atoms with van der Waals surface area (Å²) in [5.41, 5.74) is 3.64. The minimum Gasteiger partial charge on any atom is -0.493 e. The molecule has 1 aliphatic heterocycles. The number of ether oxygens (including phenoxy) is 2. The lowest BCUT2D eigenvalue weighted by atomic mass is 10.1. The Kier molecular flexibility index (Phi) is 7.96. The second-order valence-electron chi connectivity index (χ2n) is 8.09. The number of anilines is 1. The third-order valence-corrected chi connectivity index (χ3v) is 6.28. The Balaban J connectivity index is 1.37. The molecule has 2 N–H and O–H groups in total. The van der Waals surface area contributed by atoms with Gasteiger partial charge in [-0.2, -0.15) is 0 Å². The average Bonchev–Trinajstić information content (AvgIpc) is 2.89. The van der Waals surface area contributed by atoms with Crippen LogP contribution in [0.25, 0.3) is 11.3 Å². The molecule has 0 radical (unpaired) electrons. The highest BCUT2D eigenvalue weighted by Gasteiger charge is 2.23. The Bertz CT molecular complexity index is 1200. The highest BCUT2D eigenvalue weighted by atomic mass is 32.2. The van der Waals surface area contributed by atoms with Crippen LogP contribution in [-0.2, 0) is 17.8 Å². The average molecular weight is 497 g/mol. The van der Waals surface area contributed by atoms with Gasteiger partial charge in [0.25, 0.3) is 17.2 Å². The van der Waals surface area contributed by atoms with Crippen molar-refractivity contribution in [2.24, 2.45) is 0 Å². The van der Waals surface area contributed by atoms with Gasteiger partial charge in [0, 0.05) is 44.0 Å². The van der Waals surface area contributed by atoms with E-state index in [9.17, 15) is 9.00 Å². The van der Waals surface area contributed by atoms with E-state index < -0.39 is 11.3 Å². The highest BCUT2D eigenvalue weighted by Crippen LogP contribution is 2.31. The van der Waals surface area contributed by atoms with Crippen LogP contribution in [0.3, 0.4) is 0 Å². The van der Waals surface area contributed by atoms with Gasteiger partial charge in [0.15, 0.2) is 11.5 Å². The number of carbonyl (C=O) groups excluding carboxylic acids is 1. The van der Waals surface area contributed by atoms with E-state index in [-0.39, 0.29) is 5.91 Å². The van der Waals surface area contributed by atoms with E-state index in [1.165, 1.54) is 0 Å². The third kappa shape index (κ3) is 6.16. The fraction of sp³-hybridized carbons (Fsp3) is 0.280. The summed E-state index contributed by atoms with van der Waals surface area (Å²) >= 11 is -2.08. The Hall–Kier alpha value is -3.47. The van der Waals surface area contributed by atoms with E-state index in [4.69, 9.17) is 14.0 Å². The molecule has 10 heteroatoms. The van der Waals surface area contributed by atoms with Crippen LogP contribution in [0.1, 0.15) is 16.1 Å². The number of aromatic nitrogens is 1. The fourth-order valence-electron chi connectivity index (χ4n) is 4.02. The van der Waals surface area contributed by atoms with Gasteiger partial charge in [-0.25, -0.2) is 9.19 Å². The molecule has 1 fully saturated rings. The first kappa shape index (κ1) is 24.6. The van der Waals surface area contributed by atoms with Crippen molar-refractivity contribution in [3.05, 3.63) is 71.9 Å². The summed E-state index contributed by atoms with van der Waals surface area (Å²) in [5.74, 6) is 1.16. The van der Waals surface area contributed by atoms with Crippen LogP contribution < -0.4 is 14.2 Å². The van der Waals surface area contributed by atoms with Crippen LogP contribution in [0.4, 0.5) is 5.69 Å². The van der Waals surface area contributed by atoms with Gasteiger partial charge in [-0.3, -0.25) is 19.0 Å². The minimum atomic E-state index is -2.08. The van der Waals surface area contributed by atoms with Gasteiger partial charge in [-0.1, -0.05) is 18.2 Å². The predicted molar refractivity (Wildman–Crippen MR) is 135 cm³/mol. The Labute approximate surface area is 207 Å². The van der Waals surface area contributed by atoms with Crippen molar-refractivity contribution >= 4 is 22.9 Å². The number of hydrogen-bond donors (Lipinski definition) is 2. The van der Waals surface area contributed by atoms with E-state index in [0.717, 1.165) is 30.8 Å². The smallest absolute Gasteiger partial charge is 0.272 e. The third-order valence-electron chi connectivity index (χ3n) is 5.87. The number of piperazine rings is 1. The van der Waals surface area contributed by atoms with Crippen molar-refractivity contribution in [3.8, 4) is 22.8 Å². The quantitative estimate of drug-likeness (QED) is 0.461. The van der Waals surface area contributed by atoms with E-state index >= 15 is 0 Å². The SMILES string of the molecule is COc1ccc(-c2cccc(C(=O)N3CCN(Cc4ccc(NS(=O)O)cc4)CC3)n2)cc1OC. The molecular weight excluding hydrogens is 468 g/mol. The zero-order valence-corrected chi connectivity index (χ0v) is 20.5. The molecule has 0 saturated carbocycles. The molecule has 1 aromatic heterocycles. The molecule has 0 bridgehead atoms. The molecule has 0 aliphatic carbocycles. The molecule has 35 heavy (non-hydrogen) atoms. The highest BCUT2D eigenvalue weighted by molar-refractivity contribution is 7.80. The lowest BCUT2D eigenvalue weighted by Crippen LogP contribution is -2.48. The van der Waals surface area contributed by atoms with Crippen molar-refractivity contribution < 1.29 is 23.0 Å². The van der Waals surface area contributed by atoms with Crippen LogP contribution in [0.5, 0.6) is 11.5 Å². The number of benzene rings is 2. The van der Waals surface area contributed by atoms with Crippen molar-refractivity contribution in [2.45, 2.75) is 6.54 Å². The summed E-state index contributed by atoms with van der Waals surface area (Å²) < 4.78 is 32.9. The van der Waals surface area contributed by atoms with E-state index in [1.807, 2.05) is 47.4 Å². The first-order valence-electron chi connectivity index (χ1n) is 11.1. The van der Waals surface area contributed by atoms with Gasteiger partial charge >= 0.3 is 0 Å². The monoisotopic (exact) mass is 496 g/mol. The minimum absolute atomic E-state index is 0.0839. The normalized spacial score (nSPS) is 14.9. The predicted octanol–water partition coefficient (Wildman–Crippen LogP) is 3.27. The lowest BCUT2D eigenvalue weighted by Gasteiger charge is -2.34. The maximum absolute atomic E-state index is 13.1. The summed E-state index contributed by atoms with van der Waals surface area (Å²) in [5, 5.41) is 0. The molecule has 2 heterocycles. The van der Waals surface area contributed by atoms with E-state index in [0.29, 0.717) is 41.7 Å². The number of nitrogens with one attached hydrogen (secondary N) is 1. The van der Waals surface area contributed by atoms with Gasteiger partial charge in [0.05, 0.1) is 19.9 Å². The number of nitrogens with zero attached hydrogens (tertiary/aromatic N) is 3. The first-order chi connectivity index (χ1) is 17.0. The molecule has 4 rings (SSSR count). The molecule has 3 aromatic rings. The zero-order chi connectivity index (χ0) is 24.8. The number of hydrogen-bond acceptors (Lipinski definition) is 6. The van der Waals surface area contributed by atoms with Crippen LogP contribution in [0.2, 0.25) is 0 Å². The number of methoxy groups -OCH3 is 2. The largest absolute Gasteiger partial charge is 0.493 e. The molecule has 1 aliphatic rings. The second kappa shape index (κ2) is 11.3. The van der Waals surface area contributed by atoms with Gasteiger partial charge in [0.2, 0.25) is 0 Å². The summed E-state index contributed by atoms with van der Waals surface area (Å²) in [7, 11) is 3.17. The molecule has 1 unspecified atom stereocenters. The van der Waals surface area contributed by atoms with Crippen molar-refractivity contribution in [2.75, 3.05) is 45.1 Å². The fourth-order valence-corrected chi connectivity index (χ4v) is 4.36. The van der Waals surface area contributed by atoms with Crippen molar-refractivity contribution in [1.82, 2.24) is 14.8 Å². The summed E-state index contributed by atoms with van der Waals surface area (Å²) in [6.45, 7) is 3.48. The molecule has 184 valence electrons. The Morgan fingerprint density at radius 2 is 1.71 bits per heavy atom. The number of pyridine rings is 1. The van der Waals surface area contributed by atoms with E-state index in [2.05, 4.69) is 14.6 Å². The molecule has 0 spiro atoms. The van der Waals surface area contributed by atoms with Crippen LogP contribution in [-0.4, -0.2) is 69.9 Å². The van der Waals surface area contributed by atoms with Gasteiger partial charge in [-0.15, -0.1) is 0 Å².